The van der Waals surface area contributed by atoms with Crippen molar-refractivity contribution in [3.8, 4) is 5.75 Å². The lowest BCUT2D eigenvalue weighted by Gasteiger charge is -2.47. The van der Waals surface area contributed by atoms with Gasteiger partial charge in [-0.05, 0) is 51.2 Å². The fourth-order valence-electron chi connectivity index (χ4n) is 4.83. The van der Waals surface area contributed by atoms with Crippen molar-refractivity contribution >= 4 is 50.7 Å². The van der Waals surface area contributed by atoms with Crippen LogP contribution in [0.25, 0.3) is 10.2 Å². The number of amides is 4. The van der Waals surface area contributed by atoms with Crippen LogP contribution in [0.1, 0.15) is 54.4 Å². The summed E-state index contributed by atoms with van der Waals surface area (Å²) in [4.78, 5) is 59.2. The van der Waals surface area contributed by atoms with Gasteiger partial charge < -0.3 is 29.7 Å². The minimum absolute atomic E-state index is 0.115. The zero-order valence-corrected chi connectivity index (χ0v) is 26.5. The molecule has 2 aromatic rings. The normalized spacial score (nSPS) is 17.6. The largest absolute Gasteiger partial charge is 0.573 e. The molecule has 244 valence electrons. The number of hydrogen-bond acceptors (Lipinski definition) is 8. The molecule has 1 aromatic carbocycles. The number of ether oxygens (including phenoxy) is 2. The number of carboxylic acid groups (broad SMARTS) is 1. The molecular weight excluding hydrogens is 607 g/mol. The van der Waals surface area contributed by atoms with Gasteiger partial charge >= 0.3 is 18.5 Å². The number of piperidine rings is 1. The fourth-order valence-corrected chi connectivity index (χ4v) is 5.74. The first-order valence-electron chi connectivity index (χ1n) is 13.8. The van der Waals surface area contributed by atoms with E-state index in [2.05, 4.69) is 15.0 Å². The highest BCUT2D eigenvalue weighted by Crippen LogP contribution is 2.35. The van der Waals surface area contributed by atoms with Gasteiger partial charge in [0.1, 0.15) is 17.9 Å². The number of carbonyl (C=O) groups is 4. The highest BCUT2D eigenvalue weighted by molar-refractivity contribution is 7.22. The van der Waals surface area contributed by atoms with Gasteiger partial charge in [0.25, 0.3) is 0 Å². The van der Waals surface area contributed by atoms with Crippen LogP contribution >= 0.6 is 11.3 Å². The van der Waals surface area contributed by atoms with E-state index >= 15 is 0 Å². The van der Waals surface area contributed by atoms with E-state index in [9.17, 15) is 37.5 Å². The van der Waals surface area contributed by atoms with Gasteiger partial charge in [0.05, 0.1) is 16.8 Å². The van der Waals surface area contributed by atoms with Crippen molar-refractivity contribution in [2.75, 3.05) is 32.0 Å². The number of nitrogens with zero attached hydrogens (tertiary/aromatic N) is 4. The standard InChI is InChI=1S/C28H38F3N5O7S/c1-26(2,3)20-12-16(10-11-35(20)24(39)40)36(25(41)43-27(4,5)6)15-22(38)34(7)14-21(37)33-23-32-18-9-8-17(13-19(18)44-23)42-28(29,30)31/h8-9,13,16,20H,10-12,14-15H2,1-7H3,(H,39,40)(H,32,33,37). The number of thiazole rings is 1. The van der Waals surface area contributed by atoms with E-state index in [0.29, 0.717) is 23.1 Å². The molecule has 2 atom stereocenters. The second kappa shape index (κ2) is 13.0. The van der Waals surface area contributed by atoms with E-state index in [0.717, 1.165) is 28.4 Å². The Bertz CT molecular complexity index is 1390. The Morgan fingerprint density at radius 1 is 1.11 bits per heavy atom. The summed E-state index contributed by atoms with van der Waals surface area (Å²) in [5.74, 6) is -1.59. The van der Waals surface area contributed by atoms with Crippen LogP contribution in [-0.2, 0) is 14.3 Å². The summed E-state index contributed by atoms with van der Waals surface area (Å²) in [6.07, 6.45) is -6.05. The van der Waals surface area contributed by atoms with Gasteiger partial charge in [0.2, 0.25) is 11.8 Å². The number of halogens is 3. The highest BCUT2D eigenvalue weighted by atomic mass is 32.1. The van der Waals surface area contributed by atoms with Crippen molar-refractivity contribution in [1.82, 2.24) is 19.7 Å². The molecule has 12 nitrogen and oxygen atoms in total. The maximum absolute atomic E-state index is 13.3. The summed E-state index contributed by atoms with van der Waals surface area (Å²) < 4.78 is 47.5. The summed E-state index contributed by atoms with van der Waals surface area (Å²) >= 11 is 0.935. The van der Waals surface area contributed by atoms with Crippen LogP contribution in [-0.4, -0.2) is 99.5 Å². The van der Waals surface area contributed by atoms with Gasteiger partial charge in [-0.2, -0.15) is 0 Å². The molecule has 2 N–H and O–H groups in total. The SMILES string of the molecule is CN(CC(=O)Nc1nc2ccc(OC(F)(F)F)cc2s1)C(=O)CN(C(=O)OC(C)(C)C)C1CCN(C(=O)O)C(C(C)(C)C)C1. The topological polar surface area (TPSA) is 142 Å². The molecule has 1 saturated heterocycles. The molecule has 3 rings (SSSR count). The Balaban J connectivity index is 1.70. The van der Waals surface area contributed by atoms with Crippen LogP contribution in [0.15, 0.2) is 18.2 Å². The summed E-state index contributed by atoms with van der Waals surface area (Å²) in [5.41, 5.74) is -0.949. The van der Waals surface area contributed by atoms with E-state index in [-0.39, 0.29) is 11.7 Å². The molecule has 0 spiro atoms. The van der Waals surface area contributed by atoms with Crippen molar-refractivity contribution < 1.29 is 46.9 Å². The maximum Gasteiger partial charge on any atom is 0.573 e. The number of nitrogens with one attached hydrogen (secondary N) is 1. The number of likely N-dealkylation sites (tertiary alicyclic amines) is 1. The summed E-state index contributed by atoms with van der Waals surface area (Å²) in [7, 11) is 1.39. The smallest absolute Gasteiger partial charge is 0.465 e. The average Bonchev–Trinajstić information content (AvgIpc) is 3.25. The first-order chi connectivity index (χ1) is 20.1. The number of anilines is 1. The minimum atomic E-state index is -4.85. The third-order valence-electron chi connectivity index (χ3n) is 6.84. The molecule has 0 radical (unpaired) electrons. The number of benzene rings is 1. The number of hydrogen-bond donors (Lipinski definition) is 2. The zero-order valence-electron chi connectivity index (χ0n) is 25.6. The molecule has 0 aliphatic carbocycles. The molecule has 4 amide bonds. The second-order valence-corrected chi connectivity index (χ2v) is 13.7. The number of carbonyl (C=O) groups excluding carboxylic acids is 3. The molecule has 0 saturated carbocycles. The summed E-state index contributed by atoms with van der Waals surface area (Å²) in [6, 6.07) is 2.67. The second-order valence-electron chi connectivity index (χ2n) is 12.6. The van der Waals surface area contributed by atoms with Crippen LogP contribution in [0.3, 0.4) is 0 Å². The highest BCUT2D eigenvalue weighted by Gasteiger charge is 2.42. The van der Waals surface area contributed by atoms with Gasteiger partial charge in [-0.15, -0.1) is 13.2 Å². The Morgan fingerprint density at radius 3 is 2.34 bits per heavy atom. The summed E-state index contributed by atoms with van der Waals surface area (Å²) in [6.45, 7) is 10.2. The molecule has 2 unspecified atom stereocenters. The van der Waals surface area contributed by atoms with Gasteiger partial charge in [0, 0.05) is 31.7 Å². The van der Waals surface area contributed by atoms with Crippen molar-refractivity contribution in [2.24, 2.45) is 5.41 Å². The molecule has 1 aliphatic rings. The average molecular weight is 646 g/mol. The monoisotopic (exact) mass is 645 g/mol. The molecule has 0 bridgehead atoms. The third-order valence-corrected chi connectivity index (χ3v) is 7.77. The van der Waals surface area contributed by atoms with Crippen molar-refractivity contribution in [2.45, 2.75) is 78.4 Å². The quantitative estimate of drug-likeness (QED) is 0.409. The van der Waals surface area contributed by atoms with Gasteiger partial charge in [-0.25, -0.2) is 14.6 Å². The Hall–Kier alpha value is -3.82. The molecule has 1 fully saturated rings. The van der Waals surface area contributed by atoms with E-state index < -0.39 is 72.3 Å². The predicted molar refractivity (Wildman–Crippen MR) is 157 cm³/mol. The number of likely N-dealkylation sites (N-methyl/N-ethyl adjacent to an activating group) is 1. The maximum atomic E-state index is 13.3. The lowest BCUT2D eigenvalue weighted by molar-refractivity contribution is -0.274. The van der Waals surface area contributed by atoms with E-state index in [4.69, 9.17) is 4.74 Å². The molecule has 1 aromatic heterocycles. The van der Waals surface area contributed by atoms with Crippen LogP contribution in [0.2, 0.25) is 0 Å². The Kier molecular flexibility index (Phi) is 10.3. The number of rotatable bonds is 7. The van der Waals surface area contributed by atoms with Crippen LogP contribution in [0.5, 0.6) is 5.75 Å². The molecular formula is C28H38F3N5O7S. The van der Waals surface area contributed by atoms with Crippen LogP contribution < -0.4 is 10.1 Å². The van der Waals surface area contributed by atoms with Crippen molar-refractivity contribution in [1.29, 1.82) is 0 Å². The lowest BCUT2D eigenvalue weighted by atomic mass is 9.79. The first kappa shape index (κ1) is 34.7. The first-order valence-corrected chi connectivity index (χ1v) is 14.6. The number of alkyl halides is 3. The molecule has 44 heavy (non-hydrogen) atoms. The predicted octanol–water partition coefficient (Wildman–Crippen LogP) is 5.39. The summed E-state index contributed by atoms with van der Waals surface area (Å²) in [5, 5.41) is 12.4. The molecule has 1 aliphatic heterocycles. The van der Waals surface area contributed by atoms with Crippen LogP contribution in [0, 0.1) is 5.41 Å². The van der Waals surface area contributed by atoms with Crippen LogP contribution in [0.4, 0.5) is 27.9 Å². The minimum Gasteiger partial charge on any atom is -0.465 e. The number of fused-ring (bicyclic) bond motifs is 1. The number of aromatic nitrogens is 1. The van der Waals surface area contributed by atoms with Gasteiger partial charge in [-0.3, -0.25) is 14.5 Å². The molecule has 16 heteroatoms. The van der Waals surface area contributed by atoms with Gasteiger partial charge in [0.15, 0.2) is 5.13 Å². The van der Waals surface area contributed by atoms with Gasteiger partial charge in [-0.1, -0.05) is 32.1 Å². The fraction of sp³-hybridized carbons (Fsp3) is 0.607. The van der Waals surface area contributed by atoms with E-state index in [1.165, 1.54) is 22.9 Å². The van der Waals surface area contributed by atoms with E-state index in [1.807, 2.05) is 20.8 Å². The molecule has 2 heterocycles. The van der Waals surface area contributed by atoms with Crippen molar-refractivity contribution in [3.63, 3.8) is 0 Å². The lowest BCUT2D eigenvalue weighted by Crippen LogP contribution is -2.58. The van der Waals surface area contributed by atoms with E-state index in [1.54, 1.807) is 20.8 Å². The zero-order chi connectivity index (χ0) is 33.2. The third kappa shape index (κ3) is 9.59. The van der Waals surface area contributed by atoms with Crippen molar-refractivity contribution in [3.05, 3.63) is 18.2 Å². The Morgan fingerprint density at radius 2 is 1.77 bits per heavy atom. The Labute approximate surface area is 257 Å².